The van der Waals surface area contributed by atoms with Gasteiger partial charge in [-0.15, -0.1) is 6.58 Å². The molecule has 0 aliphatic carbocycles. The predicted octanol–water partition coefficient (Wildman–Crippen LogP) is 5.80. The van der Waals surface area contributed by atoms with Crippen LogP contribution in [-0.2, 0) is 13.2 Å². The molecule has 4 rings (SSSR count). The number of ether oxygens (including phenoxy) is 1. The van der Waals surface area contributed by atoms with Gasteiger partial charge in [-0.2, -0.15) is 4.98 Å². The Bertz CT molecular complexity index is 1240. The smallest absolute Gasteiger partial charge is 0.254 e. The number of hydrogen-bond donors (Lipinski definition) is 0. The lowest BCUT2D eigenvalue weighted by atomic mass is 10.2. The minimum Gasteiger partial charge on any atom is -0.489 e. The Morgan fingerprint density at radius 2 is 1.85 bits per heavy atom. The van der Waals surface area contributed by atoms with E-state index in [1.807, 2.05) is 54.6 Å². The summed E-state index contributed by atoms with van der Waals surface area (Å²) in [6, 6.07) is 24.0. The number of benzene rings is 3. The van der Waals surface area contributed by atoms with Crippen molar-refractivity contribution >= 4 is 17.5 Å². The van der Waals surface area contributed by atoms with Gasteiger partial charge in [0, 0.05) is 28.3 Å². The fraction of sp³-hybridized carbons (Fsp3) is 0.115. The van der Waals surface area contributed by atoms with Crippen molar-refractivity contribution in [2.45, 2.75) is 13.2 Å². The predicted molar refractivity (Wildman–Crippen MR) is 127 cm³/mol. The lowest BCUT2D eigenvalue weighted by Crippen LogP contribution is -2.30. The molecule has 0 saturated heterocycles. The molecule has 1 aromatic heterocycles. The van der Waals surface area contributed by atoms with Gasteiger partial charge >= 0.3 is 0 Å². The number of rotatable bonds is 9. The normalized spacial score (nSPS) is 10.6. The maximum Gasteiger partial charge on any atom is 0.254 e. The SMILES string of the molecule is C=CCN(Cc1nc(-c2ccccc2)no1)C(=O)c1cccc(OCc2ccccc2Cl)c1. The van der Waals surface area contributed by atoms with E-state index in [0.717, 1.165) is 11.1 Å². The van der Waals surface area contributed by atoms with Crippen molar-refractivity contribution in [1.82, 2.24) is 15.0 Å². The number of amides is 1. The molecule has 6 nitrogen and oxygen atoms in total. The summed E-state index contributed by atoms with van der Waals surface area (Å²) in [6.45, 7) is 4.55. The van der Waals surface area contributed by atoms with Crippen LogP contribution in [0.2, 0.25) is 5.02 Å². The summed E-state index contributed by atoms with van der Waals surface area (Å²) in [5, 5.41) is 4.66. The highest BCUT2D eigenvalue weighted by Gasteiger charge is 2.19. The van der Waals surface area contributed by atoms with Gasteiger partial charge in [-0.25, -0.2) is 0 Å². The van der Waals surface area contributed by atoms with E-state index in [0.29, 0.717) is 41.2 Å². The molecule has 0 N–H and O–H groups in total. The summed E-state index contributed by atoms with van der Waals surface area (Å²) < 4.78 is 11.2. The molecule has 33 heavy (non-hydrogen) atoms. The van der Waals surface area contributed by atoms with Crippen LogP contribution in [-0.4, -0.2) is 27.5 Å². The second-order valence-electron chi connectivity index (χ2n) is 7.26. The fourth-order valence-corrected chi connectivity index (χ4v) is 3.43. The molecule has 3 aromatic carbocycles. The van der Waals surface area contributed by atoms with Crippen molar-refractivity contribution in [3.63, 3.8) is 0 Å². The molecule has 0 aliphatic rings. The van der Waals surface area contributed by atoms with Crippen molar-refractivity contribution in [2.24, 2.45) is 0 Å². The van der Waals surface area contributed by atoms with Gasteiger partial charge in [0.2, 0.25) is 11.7 Å². The van der Waals surface area contributed by atoms with Crippen molar-refractivity contribution in [1.29, 1.82) is 0 Å². The zero-order valence-electron chi connectivity index (χ0n) is 17.9. The largest absolute Gasteiger partial charge is 0.489 e. The van der Waals surface area contributed by atoms with Gasteiger partial charge in [-0.1, -0.05) is 77.4 Å². The van der Waals surface area contributed by atoms with Gasteiger partial charge in [-0.3, -0.25) is 4.79 Å². The molecule has 1 heterocycles. The van der Waals surface area contributed by atoms with E-state index >= 15 is 0 Å². The third-order valence-corrected chi connectivity index (χ3v) is 5.26. The summed E-state index contributed by atoms with van der Waals surface area (Å²) >= 11 is 6.20. The Balaban J connectivity index is 1.47. The second kappa shape index (κ2) is 10.6. The Kier molecular flexibility index (Phi) is 7.17. The van der Waals surface area contributed by atoms with E-state index in [1.54, 1.807) is 35.2 Å². The highest BCUT2D eigenvalue weighted by Crippen LogP contribution is 2.21. The van der Waals surface area contributed by atoms with Crippen molar-refractivity contribution in [3.05, 3.63) is 114 Å². The summed E-state index contributed by atoms with van der Waals surface area (Å²) in [6.07, 6.45) is 1.66. The highest BCUT2D eigenvalue weighted by atomic mass is 35.5. The summed E-state index contributed by atoms with van der Waals surface area (Å²) in [4.78, 5) is 19.2. The van der Waals surface area contributed by atoms with Crippen LogP contribution in [0.1, 0.15) is 21.8 Å². The molecule has 0 aliphatic heterocycles. The standard InChI is InChI=1S/C26H22ClN3O3/c1-2-15-30(17-24-28-25(29-33-24)19-9-4-3-5-10-19)26(31)20-12-8-13-22(16-20)32-18-21-11-6-7-14-23(21)27/h2-14,16H,1,15,17-18H2. The molecular weight excluding hydrogens is 438 g/mol. The molecule has 7 heteroatoms. The molecule has 0 bridgehead atoms. The number of nitrogens with zero attached hydrogens (tertiary/aromatic N) is 3. The van der Waals surface area contributed by atoms with E-state index in [2.05, 4.69) is 16.7 Å². The highest BCUT2D eigenvalue weighted by molar-refractivity contribution is 6.31. The molecular formula is C26H22ClN3O3. The quantitative estimate of drug-likeness (QED) is 0.296. The minimum absolute atomic E-state index is 0.162. The number of halogens is 1. The van der Waals surface area contributed by atoms with Crippen molar-refractivity contribution < 1.29 is 14.1 Å². The zero-order chi connectivity index (χ0) is 23.0. The van der Waals surface area contributed by atoms with Gasteiger partial charge < -0.3 is 14.2 Å². The molecule has 1 amide bonds. The van der Waals surface area contributed by atoms with Crippen molar-refractivity contribution in [3.8, 4) is 17.1 Å². The third-order valence-electron chi connectivity index (χ3n) is 4.90. The molecule has 0 saturated carbocycles. The van der Waals surface area contributed by atoms with Crippen molar-refractivity contribution in [2.75, 3.05) is 6.54 Å². The average molecular weight is 460 g/mol. The molecule has 0 atom stereocenters. The van der Waals surface area contributed by atoms with Crippen LogP contribution >= 0.6 is 11.6 Å². The number of carbonyl (C=O) groups is 1. The summed E-state index contributed by atoms with van der Waals surface area (Å²) in [5.41, 5.74) is 2.20. The minimum atomic E-state index is -0.197. The fourth-order valence-electron chi connectivity index (χ4n) is 3.24. The van der Waals surface area contributed by atoms with Gasteiger partial charge in [0.1, 0.15) is 18.9 Å². The van der Waals surface area contributed by atoms with Crippen LogP contribution < -0.4 is 4.74 Å². The molecule has 0 unspecified atom stereocenters. The van der Waals surface area contributed by atoms with E-state index in [-0.39, 0.29) is 12.5 Å². The molecule has 0 spiro atoms. The monoisotopic (exact) mass is 459 g/mol. The first-order chi connectivity index (χ1) is 16.1. The third kappa shape index (κ3) is 5.67. The lowest BCUT2D eigenvalue weighted by Gasteiger charge is -2.19. The second-order valence-corrected chi connectivity index (χ2v) is 7.67. The van der Waals surface area contributed by atoms with E-state index in [9.17, 15) is 4.79 Å². The number of aromatic nitrogens is 2. The van der Waals surface area contributed by atoms with Crippen LogP contribution in [0.4, 0.5) is 0 Å². The Hall–Kier alpha value is -3.90. The zero-order valence-corrected chi connectivity index (χ0v) is 18.6. The van der Waals surface area contributed by atoms with E-state index in [1.165, 1.54) is 0 Å². The topological polar surface area (TPSA) is 68.5 Å². The van der Waals surface area contributed by atoms with Crippen LogP contribution in [0, 0.1) is 0 Å². The van der Waals surface area contributed by atoms with Gasteiger partial charge in [-0.05, 0) is 24.3 Å². The number of hydrogen-bond acceptors (Lipinski definition) is 5. The van der Waals surface area contributed by atoms with Crippen LogP contribution in [0.15, 0.2) is 96.0 Å². The maximum absolute atomic E-state index is 13.2. The first kappa shape index (κ1) is 22.3. The Morgan fingerprint density at radius 1 is 1.06 bits per heavy atom. The Labute approximate surface area is 197 Å². The maximum atomic E-state index is 13.2. The van der Waals surface area contributed by atoms with E-state index in [4.69, 9.17) is 20.9 Å². The van der Waals surface area contributed by atoms with E-state index < -0.39 is 0 Å². The van der Waals surface area contributed by atoms with Crippen LogP contribution in [0.25, 0.3) is 11.4 Å². The van der Waals surface area contributed by atoms with Gasteiger partial charge in [0.25, 0.3) is 5.91 Å². The first-order valence-corrected chi connectivity index (χ1v) is 10.8. The number of carbonyl (C=O) groups excluding carboxylic acids is 1. The summed E-state index contributed by atoms with van der Waals surface area (Å²) in [7, 11) is 0. The first-order valence-electron chi connectivity index (χ1n) is 10.4. The molecule has 4 aromatic rings. The molecule has 166 valence electrons. The van der Waals surface area contributed by atoms with Gasteiger partial charge in [0.15, 0.2) is 0 Å². The summed E-state index contributed by atoms with van der Waals surface area (Å²) in [5.74, 6) is 1.20. The molecule has 0 radical (unpaired) electrons. The average Bonchev–Trinajstić information content (AvgIpc) is 3.32. The Morgan fingerprint density at radius 3 is 2.64 bits per heavy atom. The molecule has 0 fully saturated rings. The van der Waals surface area contributed by atoms with Crippen LogP contribution in [0.5, 0.6) is 5.75 Å². The lowest BCUT2D eigenvalue weighted by molar-refractivity contribution is 0.0745. The van der Waals surface area contributed by atoms with Gasteiger partial charge in [0.05, 0.1) is 0 Å². The van der Waals surface area contributed by atoms with Crippen LogP contribution in [0.3, 0.4) is 0 Å².